The SMILES string of the molecule is CCCN1CCC(NC(=NCCNC(=O)c2ccccc2)NCC)CC1.I. The smallest absolute Gasteiger partial charge is 0.251 e. The molecule has 0 unspecified atom stereocenters. The van der Waals surface area contributed by atoms with Crippen LogP contribution in [0.25, 0.3) is 0 Å². The van der Waals surface area contributed by atoms with E-state index >= 15 is 0 Å². The molecule has 0 spiro atoms. The Morgan fingerprint density at radius 1 is 1.15 bits per heavy atom. The van der Waals surface area contributed by atoms with Crippen molar-refractivity contribution in [3.63, 3.8) is 0 Å². The van der Waals surface area contributed by atoms with Crippen LogP contribution < -0.4 is 16.0 Å². The van der Waals surface area contributed by atoms with Gasteiger partial charge in [0.15, 0.2) is 5.96 Å². The first kappa shape index (κ1) is 23.7. The molecule has 152 valence electrons. The van der Waals surface area contributed by atoms with Gasteiger partial charge >= 0.3 is 0 Å². The standard InChI is InChI=1S/C20H33N5O.HI/c1-3-14-25-15-10-18(11-16-25)24-20(21-4-2)23-13-12-22-19(26)17-8-6-5-7-9-17;/h5-9,18H,3-4,10-16H2,1-2H3,(H,22,26)(H2,21,23,24);1H. The van der Waals surface area contributed by atoms with Gasteiger partial charge in [0.2, 0.25) is 0 Å². The van der Waals surface area contributed by atoms with Crippen LogP contribution in [0.1, 0.15) is 43.5 Å². The van der Waals surface area contributed by atoms with Crippen molar-refractivity contribution in [2.75, 3.05) is 39.3 Å². The molecule has 1 aliphatic rings. The summed E-state index contributed by atoms with van der Waals surface area (Å²) in [6.07, 6.45) is 3.52. The number of rotatable bonds is 8. The zero-order valence-electron chi connectivity index (χ0n) is 16.5. The van der Waals surface area contributed by atoms with Gasteiger partial charge in [0.1, 0.15) is 0 Å². The Hall–Kier alpha value is -1.35. The first-order chi connectivity index (χ1) is 12.7. The Morgan fingerprint density at radius 3 is 2.48 bits per heavy atom. The molecule has 27 heavy (non-hydrogen) atoms. The number of nitrogens with zero attached hydrogens (tertiary/aromatic N) is 2. The maximum absolute atomic E-state index is 12.0. The second-order valence-corrected chi connectivity index (χ2v) is 6.64. The lowest BCUT2D eigenvalue weighted by molar-refractivity contribution is 0.0955. The molecule has 6 nitrogen and oxygen atoms in total. The van der Waals surface area contributed by atoms with E-state index in [2.05, 4.69) is 39.7 Å². The third-order valence-corrected chi connectivity index (χ3v) is 4.52. The van der Waals surface area contributed by atoms with Crippen LogP contribution in [0.4, 0.5) is 0 Å². The van der Waals surface area contributed by atoms with Crippen LogP contribution in [-0.2, 0) is 0 Å². The number of carbonyl (C=O) groups is 1. The van der Waals surface area contributed by atoms with E-state index in [-0.39, 0.29) is 29.9 Å². The molecule has 0 radical (unpaired) electrons. The van der Waals surface area contributed by atoms with Gasteiger partial charge in [-0.05, 0) is 44.9 Å². The minimum absolute atomic E-state index is 0. The number of carbonyl (C=O) groups excluding carboxylic acids is 1. The van der Waals surface area contributed by atoms with Crippen molar-refractivity contribution < 1.29 is 4.79 Å². The van der Waals surface area contributed by atoms with E-state index < -0.39 is 0 Å². The molecule has 0 bridgehead atoms. The summed E-state index contributed by atoms with van der Waals surface area (Å²) in [5, 5.41) is 9.75. The van der Waals surface area contributed by atoms with Gasteiger partial charge in [0.05, 0.1) is 6.54 Å². The average molecular weight is 487 g/mol. The topological polar surface area (TPSA) is 68.8 Å². The minimum atomic E-state index is -0.0537. The molecule has 1 aliphatic heterocycles. The van der Waals surface area contributed by atoms with Crippen LogP contribution in [0.5, 0.6) is 0 Å². The number of hydrogen-bond acceptors (Lipinski definition) is 3. The average Bonchev–Trinajstić information content (AvgIpc) is 2.67. The number of amides is 1. The van der Waals surface area contributed by atoms with E-state index in [1.54, 1.807) is 0 Å². The summed E-state index contributed by atoms with van der Waals surface area (Å²) in [5.74, 6) is 0.789. The van der Waals surface area contributed by atoms with Gasteiger partial charge in [-0.15, -0.1) is 24.0 Å². The maximum Gasteiger partial charge on any atom is 0.251 e. The van der Waals surface area contributed by atoms with Gasteiger partial charge in [0.25, 0.3) is 5.91 Å². The number of halogens is 1. The summed E-state index contributed by atoms with van der Waals surface area (Å²) in [4.78, 5) is 19.1. The molecular weight excluding hydrogens is 453 g/mol. The molecule has 1 fully saturated rings. The highest BCUT2D eigenvalue weighted by Crippen LogP contribution is 2.10. The van der Waals surface area contributed by atoms with E-state index in [1.165, 1.54) is 13.0 Å². The first-order valence-corrected chi connectivity index (χ1v) is 9.83. The highest BCUT2D eigenvalue weighted by Gasteiger charge is 2.19. The molecule has 3 N–H and O–H groups in total. The van der Waals surface area contributed by atoms with Crippen LogP contribution >= 0.6 is 24.0 Å². The van der Waals surface area contributed by atoms with E-state index in [4.69, 9.17) is 0 Å². The summed E-state index contributed by atoms with van der Waals surface area (Å²) < 4.78 is 0. The molecule has 1 heterocycles. The Morgan fingerprint density at radius 2 is 1.85 bits per heavy atom. The second kappa shape index (κ2) is 13.8. The van der Waals surface area contributed by atoms with E-state index in [9.17, 15) is 4.79 Å². The van der Waals surface area contributed by atoms with Gasteiger partial charge in [-0.1, -0.05) is 25.1 Å². The molecule has 1 aromatic carbocycles. The van der Waals surface area contributed by atoms with E-state index in [0.717, 1.165) is 38.4 Å². The molecule has 1 amide bonds. The normalized spacial score (nSPS) is 15.7. The summed E-state index contributed by atoms with van der Waals surface area (Å²) in [6, 6.07) is 9.74. The molecule has 0 aromatic heterocycles. The van der Waals surface area contributed by atoms with Gasteiger partial charge < -0.3 is 20.9 Å². The van der Waals surface area contributed by atoms with Crippen molar-refractivity contribution in [1.29, 1.82) is 0 Å². The Balaban J connectivity index is 0.00000364. The van der Waals surface area contributed by atoms with Gasteiger partial charge in [-0.2, -0.15) is 0 Å². The molecule has 2 rings (SSSR count). The predicted molar refractivity (Wildman–Crippen MR) is 123 cm³/mol. The molecular formula is C20H34IN5O. The third-order valence-electron chi connectivity index (χ3n) is 4.52. The zero-order chi connectivity index (χ0) is 18.6. The molecule has 0 aliphatic carbocycles. The van der Waals surface area contributed by atoms with Crippen molar-refractivity contribution in [1.82, 2.24) is 20.9 Å². The van der Waals surface area contributed by atoms with Crippen molar-refractivity contribution in [3.8, 4) is 0 Å². The quantitative estimate of drug-likeness (QED) is 0.228. The van der Waals surface area contributed by atoms with Crippen molar-refractivity contribution in [2.45, 2.75) is 39.2 Å². The molecule has 1 saturated heterocycles. The van der Waals surface area contributed by atoms with E-state index in [0.29, 0.717) is 24.7 Å². The maximum atomic E-state index is 12.0. The van der Waals surface area contributed by atoms with Crippen LogP contribution in [0.15, 0.2) is 35.3 Å². The monoisotopic (exact) mass is 487 g/mol. The fourth-order valence-electron chi connectivity index (χ4n) is 3.16. The van der Waals surface area contributed by atoms with Gasteiger partial charge in [-0.25, -0.2) is 0 Å². The number of nitrogens with one attached hydrogen (secondary N) is 3. The molecule has 7 heteroatoms. The van der Waals surface area contributed by atoms with Gasteiger partial charge in [-0.3, -0.25) is 9.79 Å². The lowest BCUT2D eigenvalue weighted by Gasteiger charge is -2.32. The predicted octanol–water partition coefficient (Wildman–Crippen LogP) is 2.46. The van der Waals surface area contributed by atoms with Crippen LogP contribution in [0.3, 0.4) is 0 Å². The van der Waals surface area contributed by atoms with Crippen LogP contribution in [-0.4, -0.2) is 62.1 Å². The summed E-state index contributed by atoms with van der Waals surface area (Å²) in [5.41, 5.74) is 0.681. The molecule has 0 saturated carbocycles. The number of benzene rings is 1. The Kier molecular flexibility index (Phi) is 12.1. The van der Waals surface area contributed by atoms with Crippen molar-refractivity contribution in [3.05, 3.63) is 35.9 Å². The van der Waals surface area contributed by atoms with Gasteiger partial charge in [0, 0.05) is 37.8 Å². The Labute approximate surface area is 180 Å². The van der Waals surface area contributed by atoms with Crippen LogP contribution in [0, 0.1) is 0 Å². The summed E-state index contributed by atoms with van der Waals surface area (Å²) >= 11 is 0. The number of likely N-dealkylation sites (tertiary alicyclic amines) is 1. The number of aliphatic imine (C=N–C) groups is 1. The second-order valence-electron chi connectivity index (χ2n) is 6.64. The van der Waals surface area contributed by atoms with E-state index in [1.807, 2.05) is 30.3 Å². The van der Waals surface area contributed by atoms with Crippen molar-refractivity contribution in [2.24, 2.45) is 4.99 Å². The first-order valence-electron chi connectivity index (χ1n) is 9.83. The highest BCUT2D eigenvalue weighted by molar-refractivity contribution is 14.0. The largest absolute Gasteiger partial charge is 0.357 e. The van der Waals surface area contributed by atoms with Crippen molar-refractivity contribution >= 4 is 35.8 Å². The summed E-state index contributed by atoms with van der Waals surface area (Å²) in [6.45, 7) is 9.71. The van der Waals surface area contributed by atoms with Crippen LogP contribution in [0.2, 0.25) is 0 Å². The fourth-order valence-corrected chi connectivity index (χ4v) is 3.16. The number of hydrogen-bond donors (Lipinski definition) is 3. The molecule has 1 aromatic rings. The number of piperidine rings is 1. The molecule has 0 atom stereocenters. The zero-order valence-corrected chi connectivity index (χ0v) is 18.9. The Bertz CT molecular complexity index is 559. The minimum Gasteiger partial charge on any atom is -0.357 e. The summed E-state index contributed by atoms with van der Waals surface area (Å²) in [7, 11) is 0. The third kappa shape index (κ3) is 8.92. The lowest BCUT2D eigenvalue weighted by Crippen LogP contribution is -2.49. The lowest BCUT2D eigenvalue weighted by atomic mass is 10.1. The highest BCUT2D eigenvalue weighted by atomic mass is 127. The fraction of sp³-hybridized carbons (Fsp3) is 0.600. The number of guanidine groups is 1.